The molecule has 5 heteroatoms. The summed E-state index contributed by atoms with van der Waals surface area (Å²) in [5.74, 6) is -2.63. The van der Waals surface area contributed by atoms with Crippen LogP contribution < -0.4 is 0 Å². The molecule has 0 bridgehead atoms. The summed E-state index contributed by atoms with van der Waals surface area (Å²) in [5, 5.41) is 9.26. The minimum Gasteiger partial charge on any atom is -0.477 e. The second-order valence-corrected chi connectivity index (χ2v) is 3.62. The van der Waals surface area contributed by atoms with Crippen molar-refractivity contribution in [2.75, 3.05) is 0 Å². The Hall–Kier alpha value is -1.91. The van der Waals surface area contributed by atoms with Crippen molar-refractivity contribution in [2.45, 2.75) is 6.92 Å². The first kappa shape index (κ1) is 10.6. The summed E-state index contributed by atoms with van der Waals surface area (Å²) in [6.07, 6.45) is 0. The third kappa shape index (κ3) is 1.28. The van der Waals surface area contributed by atoms with Gasteiger partial charge in [-0.1, -0.05) is 0 Å². The largest absolute Gasteiger partial charge is 0.477 e. The lowest BCUT2D eigenvalue weighted by Gasteiger charge is -2.00. The molecular weight excluding hydrogens is 216 g/mol. The van der Waals surface area contributed by atoms with E-state index in [-0.39, 0.29) is 16.6 Å². The van der Waals surface area contributed by atoms with E-state index in [1.54, 1.807) is 0 Å². The number of hydrogen-bond acceptors (Lipinski definition) is 1. The number of fused-ring (bicyclic) bond motifs is 1. The Morgan fingerprint density at radius 3 is 2.56 bits per heavy atom. The van der Waals surface area contributed by atoms with Gasteiger partial charge in [0.25, 0.3) is 0 Å². The van der Waals surface area contributed by atoms with E-state index < -0.39 is 17.6 Å². The van der Waals surface area contributed by atoms with Crippen LogP contribution in [0.25, 0.3) is 10.9 Å². The van der Waals surface area contributed by atoms with Crippen LogP contribution in [-0.2, 0) is 7.05 Å². The molecule has 0 aliphatic carbocycles. The Morgan fingerprint density at radius 2 is 2.00 bits per heavy atom. The van der Waals surface area contributed by atoms with Gasteiger partial charge in [-0.25, -0.2) is 13.6 Å². The smallest absolute Gasteiger partial charge is 0.352 e. The average molecular weight is 225 g/mol. The molecule has 1 aromatic heterocycles. The standard InChI is InChI=1S/C11H9F2NO2/c1-5-7-3-6(12)4-8(13)10(7)14(2)9(5)11(15)16/h3-4H,1-2H3,(H,15,16). The van der Waals surface area contributed by atoms with Crippen molar-refractivity contribution in [1.82, 2.24) is 4.57 Å². The zero-order chi connectivity index (χ0) is 12.0. The topological polar surface area (TPSA) is 42.2 Å². The maximum absolute atomic E-state index is 13.5. The van der Waals surface area contributed by atoms with Gasteiger partial charge in [-0.05, 0) is 18.6 Å². The van der Waals surface area contributed by atoms with Crippen molar-refractivity contribution >= 4 is 16.9 Å². The van der Waals surface area contributed by atoms with Gasteiger partial charge in [0, 0.05) is 18.5 Å². The van der Waals surface area contributed by atoms with Crippen LogP contribution in [0.3, 0.4) is 0 Å². The van der Waals surface area contributed by atoms with Crippen molar-refractivity contribution in [3.63, 3.8) is 0 Å². The number of carbonyl (C=O) groups is 1. The third-order valence-corrected chi connectivity index (χ3v) is 2.66. The monoisotopic (exact) mass is 225 g/mol. The van der Waals surface area contributed by atoms with E-state index in [1.165, 1.54) is 18.5 Å². The highest BCUT2D eigenvalue weighted by molar-refractivity contribution is 5.98. The lowest BCUT2D eigenvalue weighted by atomic mass is 10.1. The highest BCUT2D eigenvalue weighted by Crippen LogP contribution is 2.27. The van der Waals surface area contributed by atoms with Crippen LogP contribution in [0, 0.1) is 18.6 Å². The predicted molar refractivity (Wildman–Crippen MR) is 54.5 cm³/mol. The van der Waals surface area contributed by atoms with Crippen LogP contribution >= 0.6 is 0 Å². The van der Waals surface area contributed by atoms with Crippen molar-refractivity contribution < 1.29 is 18.7 Å². The lowest BCUT2D eigenvalue weighted by Crippen LogP contribution is -2.06. The molecule has 1 heterocycles. The summed E-state index contributed by atoms with van der Waals surface area (Å²) in [4.78, 5) is 11.0. The molecule has 0 spiro atoms. The van der Waals surface area contributed by atoms with Gasteiger partial charge in [-0.3, -0.25) is 0 Å². The van der Waals surface area contributed by atoms with Crippen molar-refractivity contribution in [3.8, 4) is 0 Å². The number of rotatable bonds is 1. The predicted octanol–water partition coefficient (Wildman–Crippen LogP) is 2.46. The fourth-order valence-electron chi connectivity index (χ4n) is 1.99. The number of nitrogens with zero attached hydrogens (tertiary/aromatic N) is 1. The van der Waals surface area contributed by atoms with E-state index >= 15 is 0 Å². The number of aryl methyl sites for hydroxylation is 2. The molecule has 84 valence electrons. The van der Waals surface area contributed by atoms with Gasteiger partial charge >= 0.3 is 5.97 Å². The summed E-state index contributed by atoms with van der Waals surface area (Å²) < 4.78 is 27.8. The Bertz CT molecular complexity index is 602. The Kier molecular flexibility index (Phi) is 2.18. The Labute approximate surface area is 89.9 Å². The number of carboxylic acid groups (broad SMARTS) is 1. The van der Waals surface area contributed by atoms with Gasteiger partial charge in [0.05, 0.1) is 5.52 Å². The van der Waals surface area contributed by atoms with Crippen LogP contribution in [0.15, 0.2) is 12.1 Å². The number of benzene rings is 1. The first-order valence-corrected chi connectivity index (χ1v) is 4.60. The summed E-state index contributed by atoms with van der Waals surface area (Å²) >= 11 is 0. The molecule has 0 saturated heterocycles. The second-order valence-electron chi connectivity index (χ2n) is 3.62. The molecule has 0 aliphatic rings. The summed E-state index contributed by atoms with van der Waals surface area (Å²) in [6, 6.07) is 1.88. The number of aromatic carboxylic acids is 1. The van der Waals surface area contributed by atoms with Crippen molar-refractivity contribution in [3.05, 3.63) is 35.0 Å². The van der Waals surface area contributed by atoms with Gasteiger partial charge in [0.2, 0.25) is 0 Å². The molecule has 2 aromatic rings. The van der Waals surface area contributed by atoms with Crippen molar-refractivity contribution in [2.24, 2.45) is 7.05 Å². The molecule has 3 nitrogen and oxygen atoms in total. The molecule has 0 aliphatic heterocycles. The SMILES string of the molecule is Cc1c(C(=O)O)n(C)c2c(F)cc(F)cc12. The van der Waals surface area contributed by atoms with E-state index in [2.05, 4.69) is 0 Å². The van der Waals surface area contributed by atoms with Crippen LogP contribution in [0.2, 0.25) is 0 Å². The molecule has 0 unspecified atom stereocenters. The summed E-state index contributed by atoms with van der Waals surface area (Å²) in [5.41, 5.74) is 0.444. The molecule has 0 amide bonds. The van der Waals surface area contributed by atoms with Crippen molar-refractivity contribution in [1.29, 1.82) is 0 Å². The van der Waals surface area contributed by atoms with Crippen LogP contribution in [0.1, 0.15) is 16.1 Å². The highest BCUT2D eigenvalue weighted by atomic mass is 19.1. The van der Waals surface area contributed by atoms with Gasteiger partial charge in [-0.15, -0.1) is 0 Å². The Morgan fingerprint density at radius 1 is 1.38 bits per heavy atom. The first-order chi connectivity index (χ1) is 7.43. The number of hydrogen-bond donors (Lipinski definition) is 1. The minimum absolute atomic E-state index is 0.0282. The fourth-order valence-corrected chi connectivity index (χ4v) is 1.99. The van der Waals surface area contributed by atoms with Crippen LogP contribution in [-0.4, -0.2) is 15.6 Å². The molecule has 16 heavy (non-hydrogen) atoms. The molecule has 0 fully saturated rings. The first-order valence-electron chi connectivity index (χ1n) is 4.60. The number of halogens is 2. The molecule has 0 atom stereocenters. The third-order valence-electron chi connectivity index (χ3n) is 2.66. The number of carboxylic acids is 1. The molecule has 1 aromatic carbocycles. The zero-order valence-electron chi connectivity index (χ0n) is 8.71. The van der Waals surface area contributed by atoms with Gasteiger partial charge < -0.3 is 9.67 Å². The molecule has 2 rings (SSSR count). The summed E-state index contributed by atoms with van der Waals surface area (Å²) in [7, 11) is 1.44. The molecule has 0 radical (unpaired) electrons. The van der Waals surface area contributed by atoms with Crippen LogP contribution in [0.5, 0.6) is 0 Å². The zero-order valence-corrected chi connectivity index (χ0v) is 8.71. The van der Waals surface area contributed by atoms with Crippen LogP contribution in [0.4, 0.5) is 8.78 Å². The average Bonchev–Trinajstić information content (AvgIpc) is 2.38. The number of aromatic nitrogens is 1. The second kappa shape index (κ2) is 3.30. The van der Waals surface area contributed by atoms with Gasteiger partial charge in [0.1, 0.15) is 17.3 Å². The molecular formula is C11H9F2NO2. The summed E-state index contributed by atoms with van der Waals surface area (Å²) in [6.45, 7) is 1.53. The molecule has 0 saturated carbocycles. The fraction of sp³-hybridized carbons (Fsp3) is 0.182. The van der Waals surface area contributed by atoms with E-state index in [9.17, 15) is 13.6 Å². The van der Waals surface area contributed by atoms with E-state index in [4.69, 9.17) is 5.11 Å². The Balaban J connectivity index is 2.99. The highest BCUT2D eigenvalue weighted by Gasteiger charge is 2.20. The lowest BCUT2D eigenvalue weighted by molar-refractivity contribution is 0.0686. The molecule has 1 N–H and O–H groups in total. The van der Waals surface area contributed by atoms with Gasteiger partial charge in [-0.2, -0.15) is 0 Å². The van der Waals surface area contributed by atoms with Gasteiger partial charge in [0.15, 0.2) is 0 Å². The van der Waals surface area contributed by atoms with E-state index in [0.29, 0.717) is 5.56 Å². The van der Waals surface area contributed by atoms with E-state index in [0.717, 1.165) is 12.1 Å². The van der Waals surface area contributed by atoms with E-state index in [1.807, 2.05) is 0 Å². The quantitative estimate of drug-likeness (QED) is 0.810. The normalized spacial score (nSPS) is 11.0. The maximum Gasteiger partial charge on any atom is 0.352 e. The minimum atomic E-state index is -1.16. The maximum atomic E-state index is 13.5.